The molecule has 0 bridgehead atoms. The molecule has 16 heavy (non-hydrogen) atoms. The van der Waals surface area contributed by atoms with Crippen molar-refractivity contribution < 1.29 is 8.42 Å². The van der Waals surface area contributed by atoms with Crippen molar-refractivity contribution >= 4 is 26.1 Å². The fourth-order valence-electron chi connectivity index (χ4n) is 1.95. The maximum atomic E-state index is 12.3. The molecular formula is C10H21BrN2O2S. The summed E-state index contributed by atoms with van der Waals surface area (Å²) >= 11 is 3.31. The van der Waals surface area contributed by atoms with Gasteiger partial charge in [0.05, 0.1) is 0 Å². The van der Waals surface area contributed by atoms with E-state index in [1.165, 1.54) is 0 Å². The molecule has 1 heterocycles. The average molecular weight is 313 g/mol. The molecule has 4 nitrogen and oxygen atoms in total. The van der Waals surface area contributed by atoms with Gasteiger partial charge >= 0.3 is 0 Å². The van der Waals surface area contributed by atoms with Gasteiger partial charge in [0.15, 0.2) is 0 Å². The third-order valence-corrected chi connectivity index (χ3v) is 5.16. The third kappa shape index (κ3) is 3.68. The standard InChI is InChI=1S/C10H21BrN2O2S/c1-2-7-12(10-6-11)16(14,15)13-8-4-3-5-9-13/h2-10H2,1H3. The van der Waals surface area contributed by atoms with Gasteiger partial charge in [0.25, 0.3) is 10.2 Å². The van der Waals surface area contributed by atoms with Crippen molar-refractivity contribution in [3.63, 3.8) is 0 Å². The number of piperidine rings is 1. The molecule has 0 spiro atoms. The van der Waals surface area contributed by atoms with Gasteiger partial charge in [-0.15, -0.1) is 0 Å². The first-order chi connectivity index (χ1) is 7.62. The van der Waals surface area contributed by atoms with E-state index in [4.69, 9.17) is 0 Å². The van der Waals surface area contributed by atoms with E-state index in [9.17, 15) is 8.42 Å². The van der Waals surface area contributed by atoms with Crippen LogP contribution in [-0.2, 0) is 10.2 Å². The monoisotopic (exact) mass is 312 g/mol. The molecule has 1 aliphatic rings. The van der Waals surface area contributed by atoms with E-state index in [0.717, 1.165) is 25.7 Å². The largest absolute Gasteiger partial charge is 0.282 e. The Kier molecular flexibility index (Phi) is 6.25. The zero-order valence-electron chi connectivity index (χ0n) is 9.86. The molecule has 6 heteroatoms. The summed E-state index contributed by atoms with van der Waals surface area (Å²) in [5.74, 6) is 0. The van der Waals surface area contributed by atoms with Gasteiger partial charge in [-0.1, -0.05) is 29.3 Å². The Morgan fingerprint density at radius 1 is 1.19 bits per heavy atom. The molecule has 1 fully saturated rings. The second-order valence-corrected chi connectivity index (χ2v) is 6.78. The van der Waals surface area contributed by atoms with Crippen molar-refractivity contribution in [3.05, 3.63) is 0 Å². The summed E-state index contributed by atoms with van der Waals surface area (Å²) in [6.45, 7) is 4.56. The molecule has 0 aliphatic carbocycles. The minimum Gasteiger partial charge on any atom is -0.195 e. The van der Waals surface area contributed by atoms with Gasteiger partial charge in [0.2, 0.25) is 0 Å². The molecule has 1 saturated heterocycles. The molecule has 1 rings (SSSR count). The van der Waals surface area contributed by atoms with E-state index < -0.39 is 10.2 Å². The maximum absolute atomic E-state index is 12.3. The normalized spacial score (nSPS) is 19.2. The van der Waals surface area contributed by atoms with Crippen molar-refractivity contribution in [1.82, 2.24) is 8.61 Å². The summed E-state index contributed by atoms with van der Waals surface area (Å²) < 4.78 is 27.8. The van der Waals surface area contributed by atoms with E-state index >= 15 is 0 Å². The van der Waals surface area contributed by atoms with Crippen LogP contribution in [0.5, 0.6) is 0 Å². The summed E-state index contributed by atoms with van der Waals surface area (Å²) in [6.07, 6.45) is 4.00. The van der Waals surface area contributed by atoms with E-state index in [1.807, 2.05) is 6.92 Å². The summed E-state index contributed by atoms with van der Waals surface area (Å²) in [4.78, 5) is 0. The second-order valence-electron chi connectivity index (χ2n) is 4.06. The van der Waals surface area contributed by atoms with E-state index in [-0.39, 0.29) is 0 Å². The summed E-state index contributed by atoms with van der Waals surface area (Å²) in [7, 11) is -3.21. The highest BCUT2D eigenvalue weighted by atomic mass is 79.9. The Balaban J connectivity index is 2.70. The molecule has 0 atom stereocenters. The highest BCUT2D eigenvalue weighted by Gasteiger charge is 2.29. The molecule has 0 aromatic rings. The van der Waals surface area contributed by atoms with Crippen molar-refractivity contribution in [2.45, 2.75) is 32.6 Å². The van der Waals surface area contributed by atoms with Crippen molar-refractivity contribution in [1.29, 1.82) is 0 Å². The molecule has 1 aliphatic heterocycles. The van der Waals surface area contributed by atoms with Gasteiger partial charge in [0.1, 0.15) is 0 Å². The fraction of sp³-hybridized carbons (Fsp3) is 1.00. The lowest BCUT2D eigenvalue weighted by atomic mass is 10.2. The van der Waals surface area contributed by atoms with Crippen LogP contribution in [-0.4, -0.2) is 48.5 Å². The second kappa shape index (κ2) is 6.93. The number of halogens is 1. The highest BCUT2D eigenvalue weighted by molar-refractivity contribution is 9.09. The van der Waals surface area contributed by atoms with Crippen LogP contribution in [0.2, 0.25) is 0 Å². The quantitative estimate of drug-likeness (QED) is 0.702. The van der Waals surface area contributed by atoms with Crippen LogP contribution < -0.4 is 0 Å². The first-order valence-electron chi connectivity index (χ1n) is 5.94. The lowest BCUT2D eigenvalue weighted by Crippen LogP contribution is -2.46. The predicted octanol–water partition coefficient (Wildman–Crippen LogP) is 1.82. The molecule has 0 aromatic heterocycles. The van der Waals surface area contributed by atoms with Crippen molar-refractivity contribution in [3.8, 4) is 0 Å². The highest BCUT2D eigenvalue weighted by Crippen LogP contribution is 2.16. The number of hydrogen-bond acceptors (Lipinski definition) is 2. The van der Waals surface area contributed by atoms with Gasteiger partial charge in [-0.25, -0.2) is 0 Å². The van der Waals surface area contributed by atoms with Gasteiger partial charge in [-0.05, 0) is 19.3 Å². The number of rotatable bonds is 6. The molecule has 0 N–H and O–H groups in total. The first kappa shape index (κ1) is 14.4. The van der Waals surface area contributed by atoms with Crippen LogP contribution in [0.1, 0.15) is 32.6 Å². The Morgan fingerprint density at radius 3 is 2.31 bits per heavy atom. The molecule has 0 unspecified atom stereocenters. The zero-order valence-corrected chi connectivity index (χ0v) is 12.3. The van der Waals surface area contributed by atoms with Crippen molar-refractivity contribution in [2.75, 3.05) is 31.5 Å². The van der Waals surface area contributed by atoms with Crippen LogP contribution in [0, 0.1) is 0 Å². The Labute approximate surface area is 107 Å². The molecular weight excluding hydrogens is 292 g/mol. The number of nitrogens with zero attached hydrogens (tertiary/aromatic N) is 2. The van der Waals surface area contributed by atoms with Crippen LogP contribution >= 0.6 is 15.9 Å². The van der Waals surface area contributed by atoms with Gasteiger partial charge in [-0.2, -0.15) is 17.0 Å². The molecule has 0 saturated carbocycles. The molecule has 0 aromatic carbocycles. The number of hydrogen-bond donors (Lipinski definition) is 0. The number of alkyl halides is 1. The van der Waals surface area contributed by atoms with Crippen LogP contribution in [0.25, 0.3) is 0 Å². The lowest BCUT2D eigenvalue weighted by Gasteiger charge is -2.31. The van der Waals surface area contributed by atoms with Crippen LogP contribution in [0.4, 0.5) is 0 Å². The molecule has 0 radical (unpaired) electrons. The first-order valence-corrected chi connectivity index (χ1v) is 8.46. The lowest BCUT2D eigenvalue weighted by molar-refractivity contribution is 0.306. The van der Waals surface area contributed by atoms with Crippen LogP contribution in [0.15, 0.2) is 0 Å². The van der Waals surface area contributed by atoms with Gasteiger partial charge in [0, 0.05) is 31.5 Å². The average Bonchev–Trinajstić information content (AvgIpc) is 2.30. The topological polar surface area (TPSA) is 40.6 Å². The minimum atomic E-state index is -3.21. The summed E-state index contributed by atoms with van der Waals surface area (Å²) in [5, 5.41) is 0.695. The zero-order chi connectivity index (χ0) is 12.0. The fourth-order valence-corrected chi connectivity index (χ4v) is 4.39. The minimum absolute atomic E-state index is 0.562. The third-order valence-electron chi connectivity index (χ3n) is 2.77. The van der Waals surface area contributed by atoms with Gasteiger partial charge < -0.3 is 0 Å². The van der Waals surface area contributed by atoms with Crippen molar-refractivity contribution in [2.24, 2.45) is 0 Å². The van der Waals surface area contributed by atoms with Gasteiger partial charge in [-0.3, -0.25) is 0 Å². The van der Waals surface area contributed by atoms with E-state index in [1.54, 1.807) is 8.61 Å². The summed E-state index contributed by atoms with van der Waals surface area (Å²) in [5.41, 5.74) is 0. The van der Waals surface area contributed by atoms with E-state index in [0.29, 0.717) is 31.5 Å². The SMILES string of the molecule is CCCN(CCBr)S(=O)(=O)N1CCCCC1. The predicted molar refractivity (Wildman–Crippen MR) is 70.0 cm³/mol. The Hall–Kier alpha value is 0.350. The Morgan fingerprint density at radius 2 is 1.81 bits per heavy atom. The molecule has 96 valence electrons. The maximum Gasteiger partial charge on any atom is 0.282 e. The van der Waals surface area contributed by atoms with Crippen LogP contribution in [0.3, 0.4) is 0 Å². The smallest absolute Gasteiger partial charge is 0.195 e. The van der Waals surface area contributed by atoms with E-state index in [2.05, 4.69) is 15.9 Å². The Bertz CT molecular complexity index is 283. The summed E-state index contributed by atoms with van der Waals surface area (Å²) in [6, 6.07) is 0. The molecule has 0 amide bonds.